The van der Waals surface area contributed by atoms with Gasteiger partial charge >= 0.3 is 0 Å². The van der Waals surface area contributed by atoms with Gasteiger partial charge in [0.2, 0.25) is 0 Å². The SMILES string of the molecule is [CH3-].[CH3-].[Mn].[Mn].[Y].[Y]. The van der Waals surface area contributed by atoms with Crippen molar-refractivity contribution >= 4 is 0 Å². The summed E-state index contributed by atoms with van der Waals surface area (Å²) in [4.78, 5) is 0. The Morgan fingerprint density at radius 3 is 0.500 bits per heavy atom. The van der Waals surface area contributed by atoms with Crippen LogP contribution in [0, 0.1) is 14.9 Å². The summed E-state index contributed by atoms with van der Waals surface area (Å²) in [5.74, 6) is 0. The summed E-state index contributed by atoms with van der Waals surface area (Å²) in [6.07, 6.45) is 0. The van der Waals surface area contributed by atoms with E-state index in [0.717, 1.165) is 0 Å². The van der Waals surface area contributed by atoms with Crippen molar-refractivity contribution in [2.24, 2.45) is 0 Å². The molecule has 0 aromatic heterocycles. The first kappa shape index (κ1) is 59.7. The normalized spacial score (nSPS) is 0. The van der Waals surface area contributed by atoms with Gasteiger partial charge in [0, 0.05) is 99.6 Å². The molecule has 0 aliphatic rings. The van der Waals surface area contributed by atoms with E-state index >= 15 is 0 Å². The second-order valence-corrected chi connectivity index (χ2v) is 0. The van der Waals surface area contributed by atoms with Crippen molar-refractivity contribution in [3.8, 4) is 0 Å². The van der Waals surface area contributed by atoms with E-state index in [1.807, 2.05) is 0 Å². The summed E-state index contributed by atoms with van der Waals surface area (Å²) in [6, 6.07) is 0. The van der Waals surface area contributed by atoms with Gasteiger partial charge in [0.25, 0.3) is 0 Å². The van der Waals surface area contributed by atoms with Gasteiger partial charge in [0.05, 0.1) is 0 Å². The summed E-state index contributed by atoms with van der Waals surface area (Å²) in [5, 5.41) is 0. The van der Waals surface area contributed by atoms with Gasteiger partial charge in [-0.25, -0.2) is 0 Å². The maximum atomic E-state index is 0. The Hall–Kier alpha value is 3.25. The summed E-state index contributed by atoms with van der Waals surface area (Å²) in [7, 11) is 0. The van der Waals surface area contributed by atoms with Crippen LogP contribution in [0.1, 0.15) is 0 Å². The third-order valence-corrected chi connectivity index (χ3v) is 0. The Morgan fingerprint density at radius 1 is 0.500 bits per heavy atom. The average molecular weight is 318 g/mol. The monoisotopic (exact) mass is 318 g/mol. The molecule has 0 rings (SSSR count). The second-order valence-electron chi connectivity index (χ2n) is 0. The molecule has 0 fully saturated rings. The molecule has 0 aromatic carbocycles. The van der Waals surface area contributed by atoms with Crippen LogP contribution in [0.5, 0.6) is 0 Å². The molecule has 0 aliphatic carbocycles. The molecule has 0 amide bonds. The molecule has 0 atom stereocenters. The molecule has 0 bridgehead atoms. The van der Waals surface area contributed by atoms with Crippen LogP contribution >= 0.6 is 0 Å². The van der Waals surface area contributed by atoms with Gasteiger partial charge in [-0.05, 0) is 0 Å². The fraction of sp³-hybridized carbons (Fsp3) is 0. The van der Waals surface area contributed by atoms with E-state index in [2.05, 4.69) is 0 Å². The van der Waals surface area contributed by atoms with E-state index in [1.165, 1.54) is 0 Å². The van der Waals surface area contributed by atoms with Crippen molar-refractivity contribution in [3.05, 3.63) is 14.9 Å². The third-order valence-electron chi connectivity index (χ3n) is 0. The minimum Gasteiger partial charge on any atom is -0.358 e. The molecule has 0 spiro atoms. The first-order valence-electron chi connectivity index (χ1n) is 0. The first-order valence-corrected chi connectivity index (χ1v) is 0. The Bertz CT molecular complexity index is 9.51. The Labute approximate surface area is 112 Å². The number of hydrogen-bond donors (Lipinski definition) is 0. The Kier molecular flexibility index (Phi) is 408. The van der Waals surface area contributed by atoms with Gasteiger partial charge in [-0.3, -0.25) is 0 Å². The van der Waals surface area contributed by atoms with E-state index < -0.39 is 0 Å². The van der Waals surface area contributed by atoms with Gasteiger partial charge in [-0.15, -0.1) is 0 Å². The van der Waals surface area contributed by atoms with Crippen LogP contribution in [0.3, 0.4) is 0 Å². The molecular weight excluding hydrogens is 312 g/mol. The van der Waals surface area contributed by atoms with Crippen molar-refractivity contribution < 1.29 is 99.6 Å². The summed E-state index contributed by atoms with van der Waals surface area (Å²) in [5.41, 5.74) is 0. The predicted octanol–water partition coefficient (Wildman–Crippen LogP) is 0.891. The fourth-order valence-electron chi connectivity index (χ4n) is 0. The van der Waals surface area contributed by atoms with Crippen molar-refractivity contribution in [2.45, 2.75) is 0 Å². The summed E-state index contributed by atoms with van der Waals surface area (Å²) >= 11 is 0. The molecule has 36 valence electrons. The first-order chi connectivity index (χ1) is 0. The van der Waals surface area contributed by atoms with Gasteiger partial charge in [0.1, 0.15) is 0 Å². The van der Waals surface area contributed by atoms with E-state index in [4.69, 9.17) is 0 Å². The van der Waals surface area contributed by atoms with E-state index in [9.17, 15) is 0 Å². The molecule has 0 unspecified atom stereocenters. The van der Waals surface area contributed by atoms with Crippen molar-refractivity contribution in [2.75, 3.05) is 0 Å². The Balaban J connectivity index is 0. The zero-order valence-corrected chi connectivity index (χ0v) is 11.9. The smallest absolute Gasteiger partial charge is 0 e. The molecule has 4 heteroatoms. The van der Waals surface area contributed by atoms with Crippen LogP contribution in [-0.2, 0) is 99.6 Å². The van der Waals surface area contributed by atoms with Gasteiger partial charge in [-0.1, -0.05) is 0 Å². The topological polar surface area (TPSA) is 0 Å². The van der Waals surface area contributed by atoms with Crippen LogP contribution in [0.25, 0.3) is 0 Å². The van der Waals surface area contributed by atoms with E-state index in [-0.39, 0.29) is 114 Å². The molecule has 0 aliphatic heterocycles. The van der Waals surface area contributed by atoms with Gasteiger partial charge in [-0.2, -0.15) is 0 Å². The van der Waals surface area contributed by atoms with Crippen LogP contribution in [0.2, 0.25) is 0 Å². The molecule has 0 aromatic rings. The molecule has 0 saturated carbocycles. The minimum absolute atomic E-state index is 0. The molecular formula is C2H6Mn2Y2-2. The summed E-state index contributed by atoms with van der Waals surface area (Å²) < 4.78 is 0. The summed E-state index contributed by atoms with van der Waals surface area (Å²) in [6.45, 7) is 0. The van der Waals surface area contributed by atoms with Crippen LogP contribution in [-0.4, -0.2) is 0 Å². The minimum atomic E-state index is 0. The predicted molar refractivity (Wildman–Crippen MR) is 12.8 cm³/mol. The van der Waals surface area contributed by atoms with Crippen LogP contribution < -0.4 is 0 Å². The quantitative estimate of drug-likeness (QED) is 0.460. The number of hydrogen-bond acceptors (Lipinski definition) is 0. The van der Waals surface area contributed by atoms with Crippen molar-refractivity contribution in [1.29, 1.82) is 0 Å². The molecule has 6 heavy (non-hydrogen) atoms. The molecule has 0 N–H and O–H groups in total. The maximum Gasteiger partial charge on any atom is 0 e. The van der Waals surface area contributed by atoms with Crippen LogP contribution in [0.15, 0.2) is 0 Å². The standard InChI is InChI=1S/2CH3.2Mn.2Y/h2*1H3;;;;/q2*-1;;;;. The molecule has 4 radical (unpaired) electrons. The van der Waals surface area contributed by atoms with Crippen LogP contribution in [0.4, 0.5) is 0 Å². The van der Waals surface area contributed by atoms with E-state index in [1.54, 1.807) is 0 Å². The zero-order chi connectivity index (χ0) is 0. The van der Waals surface area contributed by atoms with Gasteiger partial charge in [0.15, 0.2) is 0 Å². The molecule has 0 nitrogen and oxygen atoms in total. The number of rotatable bonds is 0. The van der Waals surface area contributed by atoms with Crippen molar-refractivity contribution in [1.82, 2.24) is 0 Å². The fourth-order valence-corrected chi connectivity index (χ4v) is 0. The second kappa shape index (κ2) is 41.1. The molecule has 0 heterocycles. The maximum absolute atomic E-state index is 0. The molecule has 0 saturated heterocycles. The van der Waals surface area contributed by atoms with E-state index in [0.29, 0.717) is 0 Å². The largest absolute Gasteiger partial charge is 0.358 e. The zero-order valence-electron chi connectivity index (χ0n) is 3.91. The van der Waals surface area contributed by atoms with Crippen molar-refractivity contribution in [3.63, 3.8) is 0 Å². The third kappa shape index (κ3) is 26.8. The Morgan fingerprint density at radius 2 is 0.500 bits per heavy atom. The van der Waals surface area contributed by atoms with Gasteiger partial charge < -0.3 is 14.9 Å². The average Bonchev–Trinajstić information content (AvgIpc) is 0.